The predicted octanol–water partition coefficient (Wildman–Crippen LogP) is 4.13. The van der Waals surface area contributed by atoms with Crippen molar-refractivity contribution in [3.8, 4) is 0 Å². The van der Waals surface area contributed by atoms with Crippen LogP contribution >= 0.6 is 35.7 Å². The Kier molecular flexibility index (Phi) is 11.6. The molecule has 1 fully saturated rings. The number of piperazine rings is 1. The van der Waals surface area contributed by atoms with Crippen LogP contribution < -0.4 is 15.5 Å². The highest BCUT2D eigenvalue weighted by atomic mass is 127. The molecule has 1 aromatic heterocycles. The molecule has 176 valence electrons. The number of nitrogens with one attached hydrogen (secondary N) is 2. The van der Waals surface area contributed by atoms with Crippen LogP contribution in [0, 0.1) is 6.92 Å². The standard InChI is InChI=1S/C24H36N6S.HI/c1-5-25-24(28-18-21-9-7-19(3)15-22(21)31-4)27-17-20-8-10-23(26-16-20)30-13-11-29(6-2)12-14-30;/h7-10,15-16H,5-6,11-14,17-18H2,1-4H3,(H2,25,27,28);1H. The van der Waals surface area contributed by atoms with Crippen LogP contribution in [0.4, 0.5) is 5.82 Å². The molecule has 0 bridgehead atoms. The molecule has 0 amide bonds. The average Bonchev–Trinajstić information content (AvgIpc) is 2.81. The molecule has 1 aliphatic rings. The van der Waals surface area contributed by atoms with Gasteiger partial charge in [0.2, 0.25) is 0 Å². The summed E-state index contributed by atoms with van der Waals surface area (Å²) in [6.07, 6.45) is 4.08. The summed E-state index contributed by atoms with van der Waals surface area (Å²) in [7, 11) is 0. The Morgan fingerprint density at radius 1 is 1.09 bits per heavy atom. The van der Waals surface area contributed by atoms with Crippen LogP contribution in [0.3, 0.4) is 0 Å². The molecule has 1 aliphatic heterocycles. The van der Waals surface area contributed by atoms with Gasteiger partial charge < -0.3 is 20.4 Å². The molecule has 2 aromatic rings. The third-order valence-corrected chi connectivity index (χ3v) is 6.43. The molecule has 0 unspecified atom stereocenters. The highest BCUT2D eigenvalue weighted by molar-refractivity contribution is 14.0. The SMILES string of the molecule is CCNC(=NCc1ccc(N2CCN(CC)CC2)nc1)NCc1ccc(C)cc1SC.I. The van der Waals surface area contributed by atoms with E-state index in [1.54, 1.807) is 11.8 Å². The summed E-state index contributed by atoms with van der Waals surface area (Å²) >= 11 is 1.78. The van der Waals surface area contributed by atoms with Crippen molar-refractivity contribution >= 4 is 47.5 Å². The lowest BCUT2D eigenvalue weighted by atomic mass is 10.1. The lowest BCUT2D eigenvalue weighted by Gasteiger charge is -2.34. The van der Waals surface area contributed by atoms with Crippen LogP contribution in [0.1, 0.15) is 30.5 Å². The molecule has 2 N–H and O–H groups in total. The number of benzene rings is 1. The number of likely N-dealkylation sites (N-methyl/N-ethyl adjacent to an activating group) is 1. The number of anilines is 1. The van der Waals surface area contributed by atoms with Crippen molar-refractivity contribution in [3.05, 3.63) is 53.2 Å². The maximum atomic E-state index is 4.76. The fourth-order valence-electron chi connectivity index (χ4n) is 3.68. The van der Waals surface area contributed by atoms with E-state index in [0.29, 0.717) is 6.54 Å². The van der Waals surface area contributed by atoms with E-state index in [1.165, 1.54) is 16.0 Å². The molecule has 0 aliphatic carbocycles. The second-order valence-corrected chi connectivity index (χ2v) is 8.66. The smallest absolute Gasteiger partial charge is 0.191 e. The molecular formula is C24H37IN6S. The van der Waals surface area contributed by atoms with E-state index in [0.717, 1.165) is 63.2 Å². The summed E-state index contributed by atoms with van der Waals surface area (Å²) < 4.78 is 0. The summed E-state index contributed by atoms with van der Waals surface area (Å²) in [5.41, 5.74) is 3.70. The van der Waals surface area contributed by atoms with Gasteiger partial charge in [-0.1, -0.05) is 25.1 Å². The largest absolute Gasteiger partial charge is 0.357 e. The highest BCUT2D eigenvalue weighted by Gasteiger charge is 2.16. The minimum atomic E-state index is 0. The maximum Gasteiger partial charge on any atom is 0.191 e. The molecule has 1 saturated heterocycles. The fraction of sp³-hybridized carbons (Fsp3) is 0.500. The zero-order valence-electron chi connectivity index (χ0n) is 19.7. The summed E-state index contributed by atoms with van der Waals surface area (Å²) in [4.78, 5) is 15.6. The van der Waals surface area contributed by atoms with Crippen LogP contribution in [0.15, 0.2) is 46.4 Å². The quantitative estimate of drug-likeness (QED) is 0.216. The lowest BCUT2D eigenvalue weighted by molar-refractivity contribution is 0.270. The first-order chi connectivity index (χ1) is 15.1. The molecule has 3 rings (SSSR count). The van der Waals surface area contributed by atoms with Crippen molar-refractivity contribution in [1.29, 1.82) is 0 Å². The van der Waals surface area contributed by atoms with Gasteiger partial charge in [0, 0.05) is 50.4 Å². The fourth-order valence-corrected chi connectivity index (χ4v) is 4.39. The molecule has 6 nitrogen and oxygen atoms in total. The zero-order valence-corrected chi connectivity index (χ0v) is 22.9. The van der Waals surface area contributed by atoms with E-state index < -0.39 is 0 Å². The van der Waals surface area contributed by atoms with Crippen molar-refractivity contribution in [2.45, 2.75) is 38.8 Å². The van der Waals surface area contributed by atoms with Gasteiger partial charge in [-0.3, -0.25) is 0 Å². The molecule has 0 atom stereocenters. The molecule has 0 saturated carbocycles. The number of aryl methyl sites for hydroxylation is 1. The Morgan fingerprint density at radius 3 is 2.50 bits per heavy atom. The van der Waals surface area contributed by atoms with E-state index >= 15 is 0 Å². The van der Waals surface area contributed by atoms with Crippen LogP contribution in [0.2, 0.25) is 0 Å². The number of hydrogen-bond donors (Lipinski definition) is 2. The minimum absolute atomic E-state index is 0. The Bertz CT molecular complexity index is 850. The Labute approximate surface area is 214 Å². The summed E-state index contributed by atoms with van der Waals surface area (Å²) in [6.45, 7) is 14.1. The van der Waals surface area contributed by atoms with Gasteiger partial charge in [-0.25, -0.2) is 9.98 Å². The second kappa shape index (κ2) is 13.9. The van der Waals surface area contributed by atoms with Crippen molar-refractivity contribution in [2.75, 3.05) is 50.4 Å². The Morgan fingerprint density at radius 2 is 1.88 bits per heavy atom. The van der Waals surface area contributed by atoms with Gasteiger partial charge in [0.25, 0.3) is 0 Å². The summed E-state index contributed by atoms with van der Waals surface area (Å²) in [5.74, 6) is 1.90. The second-order valence-electron chi connectivity index (χ2n) is 7.81. The van der Waals surface area contributed by atoms with Gasteiger partial charge >= 0.3 is 0 Å². The normalized spacial score (nSPS) is 14.8. The first-order valence-electron chi connectivity index (χ1n) is 11.2. The molecule has 1 aromatic carbocycles. The van der Waals surface area contributed by atoms with Crippen molar-refractivity contribution < 1.29 is 0 Å². The molecule has 32 heavy (non-hydrogen) atoms. The number of hydrogen-bond acceptors (Lipinski definition) is 5. The van der Waals surface area contributed by atoms with Gasteiger partial charge in [-0.15, -0.1) is 35.7 Å². The van der Waals surface area contributed by atoms with Crippen molar-refractivity contribution in [1.82, 2.24) is 20.5 Å². The molecule has 0 spiro atoms. The lowest BCUT2D eigenvalue weighted by Crippen LogP contribution is -2.46. The first kappa shape index (κ1) is 26.7. The monoisotopic (exact) mass is 568 g/mol. The molecular weight excluding hydrogens is 531 g/mol. The van der Waals surface area contributed by atoms with Crippen LogP contribution in [0.5, 0.6) is 0 Å². The van der Waals surface area contributed by atoms with Gasteiger partial charge in [-0.05, 0) is 55.5 Å². The van der Waals surface area contributed by atoms with Crippen LogP contribution in [0.25, 0.3) is 0 Å². The number of rotatable bonds is 8. The molecule has 0 radical (unpaired) electrons. The van der Waals surface area contributed by atoms with Gasteiger partial charge in [-0.2, -0.15) is 0 Å². The average molecular weight is 569 g/mol. The minimum Gasteiger partial charge on any atom is -0.357 e. The number of guanidine groups is 1. The zero-order chi connectivity index (χ0) is 22.1. The van der Waals surface area contributed by atoms with Crippen molar-refractivity contribution in [2.24, 2.45) is 4.99 Å². The molecule has 8 heteroatoms. The van der Waals surface area contributed by atoms with E-state index in [2.05, 4.69) is 77.8 Å². The summed E-state index contributed by atoms with van der Waals surface area (Å²) in [6, 6.07) is 10.9. The van der Waals surface area contributed by atoms with Gasteiger partial charge in [0.15, 0.2) is 5.96 Å². The van der Waals surface area contributed by atoms with Crippen molar-refractivity contribution in [3.63, 3.8) is 0 Å². The summed E-state index contributed by atoms with van der Waals surface area (Å²) in [5, 5.41) is 6.81. The number of aromatic nitrogens is 1. The Hall–Kier alpha value is -1.52. The predicted molar refractivity (Wildman–Crippen MR) is 149 cm³/mol. The molecule has 2 heterocycles. The van der Waals surface area contributed by atoms with Crippen LogP contribution in [-0.4, -0.2) is 61.4 Å². The van der Waals surface area contributed by atoms with E-state index in [1.807, 2.05) is 6.20 Å². The number of halogens is 1. The van der Waals surface area contributed by atoms with E-state index in [9.17, 15) is 0 Å². The highest BCUT2D eigenvalue weighted by Crippen LogP contribution is 2.21. The topological polar surface area (TPSA) is 55.8 Å². The number of thioether (sulfide) groups is 1. The van der Waals surface area contributed by atoms with Crippen LogP contribution in [-0.2, 0) is 13.1 Å². The third kappa shape index (κ3) is 7.81. The van der Waals surface area contributed by atoms with E-state index in [4.69, 9.17) is 9.98 Å². The number of pyridine rings is 1. The number of nitrogens with zero attached hydrogens (tertiary/aromatic N) is 4. The number of aliphatic imine (C=N–C) groups is 1. The van der Waals surface area contributed by atoms with Gasteiger partial charge in [0.05, 0.1) is 6.54 Å². The Balaban J connectivity index is 0.00000363. The third-order valence-electron chi connectivity index (χ3n) is 5.61. The van der Waals surface area contributed by atoms with E-state index in [-0.39, 0.29) is 24.0 Å². The maximum absolute atomic E-state index is 4.76. The van der Waals surface area contributed by atoms with Gasteiger partial charge in [0.1, 0.15) is 5.82 Å². The first-order valence-corrected chi connectivity index (χ1v) is 12.4.